The zero-order valence-corrected chi connectivity index (χ0v) is 10.6. The van der Waals surface area contributed by atoms with E-state index in [0.717, 1.165) is 17.1 Å². The molecule has 3 nitrogen and oxygen atoms in total. The number of hydrogen-bond acceptors (Lipinski definition) is 3. The first-order valence-corrected chi connectivity index (χ1v) is 6.23. The lowest BCUT2D eigenvalue weighted by atomic mass is 9.92. The van der Waals surface area contributed by atoms with E-state index in [0.29, 0.717) is 5.92 Å². The van der Waals surface area contributed by atoms with Crippen LogP contribution in [0.4, 0.5) is 0 Å². The number of methoxy groups -OCH3 is 2. The summed E-state index contributed by atoms with van der Waals surface area (Å²) in [6.45, 7) is 0. The fourth-order valence-corrected chi connectivity index (χ4v) is 2.61. The Balaban J connectivity index is 2.23. The van der Waals surface area contributed by atoms with E-state index in [9.17, 15) is 0 Å². The monoisotopic (exact) mass is 235 g/mol. The van der Waals surface area contributed by atoms with Gasteiger partial charge in [0.2, 0.25) is 0 Å². The summed E-state index contributed by atoms with van der Waals surface area (Å²) in [5.41, 5.74) is 7.45. The quantitative estimate of drug-likeness (QED) is 0.872. The summed E-state index contributed by atoms with van der Waals surface area (Å²) in [6, 6.07) is 6.02. The van der Waals surface area contributed by atoms with Crippen molar-refractivity contribution in [3.05, 3.63) is 23.8 Å². The molecule has 94 valence electrons. The van der Waals surface area contributed by atoms with Crippen LogP contribution < -0.4 is 15.2 Å². The van der Waals surface area contributed by atoms with Crippen LogP contribution in [-0.2, 0) is 0 Å². The lowest BCUT2D eigenvalue weighted by molar-refractivity contribution is 0.388. The van der Waals surface area contributed by atoms with Gasteiger partial charge in [0.15, 0.2) is 0 Å². The van der Waals surface area contributed by atoms with Gasteiger partial charge in [0, 0.05) is 12.1 Å². The second-order valence-electron chi connectivity index (χ2n) is 4.72. The third kappa shape index (κ3) is 2.72. The molecule has 0 aromatic heterocycles. The minimum atomic E-state index is 0.0986. The molecule has 0 saturated heterocycles. The van der Waals surface area contributed by atoms with Gasteiger partial charge in [0.25, 0.3) is 0 Å². The maximum atomic E-state index is 6.34. The Morgan fingerprint density at radius 2 is 1.59 bits per heavy atom. The first kappa shape index (κ1) is 12.2. The molecule has 0 amide bonds. The fourth-order valence-electron chi connectivity index (χ4n) is 2.61. The van der Waals surface area contributed by atoms with Crippen molar-refractivity contribution < 1.29 is 9.47 Å². The highest BCUT2D eigenvalue weighted by Crippen LogP contribution is 2.36. The Morgan fingerprint density at radius 3 is 2.06 bits per heavy atom. The van der Waals surface area contributed by atoms with Gasteiger partial charge in [-0.05, 0) is 36.5 Å². The number of rotatable bonds is 4. The predicted octanol–water partition coefficient (Wildman–Crippen LogP) is 2.89. The summed E-state index contributed by atoms with van der Waals surface area (Å²) >= 11 is 0. The summed E-state index contributed by atoms with van der Waals surface area (Å²) in [7, 11) is 3.33. The van der Waals surface area contributed by atoms with Crippen LogP contribution in [0.15, 0.2) is 18.2 Å². The Labute approximate surface area is 103 Å². The topological polar surface area (TPSA) is 44.5 Å². The molecule has 0 heterocycles. The minimum Gasteiger partial charge on any atom is -0.497 e. The average Bonchev–Trinajstić information content (AvgIpc) is 2.91. The van der Waals surface area contributed by atoms with E-state index in [2.05, 4.69) is 0 Å². The van der Waals surface area contributed by atoms with Crippen LogP contribution in [0.25, 0.3) is 0 Å². The number of nitrogens with two attached hydrogens (primary N) is 1. The van der Waals surface area contributed by atoms with Crippen LogP contribution in [-0.4, -0.2) is 14.2 Å². The van der Waals surface area contributed by atoms with E-state index in [-0.39, 0.29) is 6.04 Å². The predicted molar refractivity (Wildman–Crippen MR) is 68.4 cm³/mol. The van der Waals surface area contributed by atoms with E-state index in [1.54, 1.807) is 14.2 Å². The minimum absolute atomic E-state index is 0.0986. The second-order valence-corrected chi connectivity index (χ2v) is 4.72. The molecule has 1 aromatic carbocycles. The number of ether oxygens (including phenoxy) is 2. The van der Waals surface area contributed by atoms with E-state index in [4.69, 9.17) is 15.2 Å². The first-order valence-electron chi connectivity index (χ1n) is 6.23. The zero-order valence-electron chi connectivity index (χ0n) is 10.6. The molecule has 1 aliphatic rings. The van der Waals surface area contributed by atoms with Crippen molar-refractivity contribution in [2.24, 2.45) is 11.7 Å². The van der Waals surface area contributed by atoms with E-state index in [1.807, 2.05) is 18.2 Å². The van der Waals surface area contributed by atoms with Gasteiger partial charge in [-0.15, -0.1) is 0 Å². The first-order chi connectivity index (χ1) is 8.24. The molecule has 0 unspecified atom stereocenters. The second kappa shape index (κ2) is 5.41. The fraction of sp³-hybridized carbons (Fsp3) is 0.571. The van der Waals surface area contributed by atoms with Gasteiger partial charge in [-0.3, -0.25) is 0 Å². The summed E-state index contributed by atoms with van der Waals surface area (Å²) in [5, 5.41) is 0. The molecule has 2 rings (SSSR count). The van der Waals surface area contributed by atoms with Gasteiger partial charge in [0.1, 0.15) is 11.5 Å². The van der Waals surface area contributed by atoms with Crippen molar-refractivity contribution in [3.63, 3.8) is 0 Å². The van der Waals surface area contributed by atoms with Gasteiger partial charge >= 0.3 is 0 Å². The maximum Gasteiger partial charge on any atom is 0.122 e. The van der Waals surface area contributed by atoms with E-state index in [1.165, 1.54) is 25.7 Å². The average molecular weight is 235 g/mol. The molecule has 0 aliphatic heterocycles. The lowest BCUT2D eigenvalue weighted by Crippen LogP contribution is -2.19. The molecule has 1 fully saturated rings. The van der Waals surface area contributed by atoms with Crippen molar-refractivity contribution >= 4 is 0 Å². The van der Waals surface area contributed by atoms with Crippen LogP contribution in [0.2, 0.25) is 0 Å². The maximum absolute atomic E-state index is 6.34. The van der Waals surface area contributed by atoms with Crippen molar-refractivity contribution in [3.8, 4) is 11.5 Å². The van der Waals surface area contributed by atoms with Gasteiger partial charge < -0.3 is 15.2 Å². The Kier molecular flexibility index (Phi) is 3.89. The third-order valence-electron chi connectivity index (χ3n) is 3.67. The Bertz CT molecular complexity index is 350. The molecular formula is C14H21NO2. The van der Waals surface area contributed by atoms with Crippen LogP contribution in [0, 0.1) is 5.92 Å². The molecular weight excluding hydrogens is 214 g/mol. The summed E-state index contributed by atoms with van der Waals surface area (Å²) in [5.74, 6) is 2.23. The van der Waals surface area contributed by atoms with E-state index >= 15 is 0 Å². The smallest absolute Gasteiger partial charge is 0.122 e. The molecule has 0 bridgehead atoms. The molecule has 3 heteroatoms. The summed E-state index contributed by atoms with van der Waals surface area (Å²) in [6.07, 6.45) is 5.08. The highest BCUT2D eigenvalue weighted by Gasteiger charge is 2.23. The Hall–Kier alpha value is -1.22. The molecule has 1 atom stereocenters. The van der Waals surface area contributed by atoms with Crippen LogP contribution >= 0.6 is 0 Å². The summed E-state index contributed by atoms with van der Waals surface area (Å²) < 4.78 is 10.5. The largest absolute Gasteiger partial charge is 0.497 e. The van der Waals surface area contributed by atoms with Gasteiger partial charge in [-0.2, -0.15) is 0 Å². The summed E-state index contributed by atoms with van der Waals surface area (Å²) in [4.78, 5) is 0. The highest BCUT2D eigenvalue weighted by atomic mass is 16.5. The molecule has 1 aliphatic carbocycles. The molecule has 1 aromatic rings. The van der Waals surface area contributed by atoms with Crippen molar-refractivity contribution in [2.75, 3.05) is 14.2 Å². The van der Waals surface area contributed by atoms with Gasteiger partial charge in [0.05, 0.1) is 14.2 Å². The number of hydrogen-bond donors (Lipinski definition) is 1. The molecule has 2 N–H and O–H groups in total. The molecule has 0 spiro atoms. The molecule has 1 saturated carbocycles. The van der Waals surface area contributed by atoms with Crippen LogP contribution in [0.5, 0.6) is 11.5 Å². The van der Waals surface area contributed by atoms with Crippen molar-refractivity contribution in [1.29, 1.82) is 0 Å². The van der Waals surface area contributed by atoms with Gasteiger partial charge in [-0.1, -0.05) is 12.8 Å². The standard InChI is InChI=1S/C14H21NO2/c1-16-12-7-11(8-13(9-12)17-2)14(15)10-5-3-4-6-10/h7-10,14H,3-6,15H2,1-2H3/t14-/m1/s1. The SMILES string of the molecule is COc1cc(OC)cc([C@H](N)C2CCCC2)c1. The van der Waals surface area contributed by atoms with Crippen molar-refractivity contribution in [1.82, 2.24) is 0 Å². The van der Waals surface area contributed by atoms with Crippen LogP contribution in [0.3, 0.4) is 0 Å². The molecule has 0 radical (unpaired) electrons. The normalized spacial score (nSPS) is 18.1. The Morgan fingerprint density at radius 1 is 1.06 bits per heavy atom. The van der Waals surface area contributed by atoms with Crippen LogP contribution in [0.1, 0.15) is 37.3 Å². The number of benzene rings is 1. The van der Waals surface area contributed by atoms with Crippen molar-refractivity contribution in [2.45, 2.75) is 31.7 Å². The van der Waals surface area contributed by atoms with Gasteiger partial charge in [-0.25, -0.2) is 0 Å². The highest BCUT2D eigenvalue weighted by molar-refractivity contribution is 5.40. The zero-order chi connectivity index (χ0) is 12.3. The lowest BCUT2D eigenvalue weighted by Gasteiger charge is -2.20. The van der Waals surface area contributed by atoms with E-state index < -0.39 is 0 Å². The third-order valence-corrected chi connectivity index (χ3v) is 3.67. The molecule has 17 heavy (non-hydrogen) atoms.